The average molecular weight is 590 g/mol. The van der Waals surface area contributed by atoms with E-state index in [1.54, 1.807) is 35.8 Å². The van der Waals surface area contributed by atoms with Crippen LogP contribution in [0.15, 0.2) is 78.1 Å². The Morgan fingerprint density at radius 3 is 2.30 bits per heavy atom. The van der Waals surface area contributed by atoms with Gasteiger partial charge < -0.3 is 19.9 Å². The lowest BCUT2D eigenvalue weighted by Gasteiger charge is -2.36. The molecule has 0 aliphatic carbocycles. The Hall–Kier alpha value is -5.12. The van der Waals surface area contributed by atoms with Crippen molar-refractivity contribution in [3.8, 4) is 11.3 Å². The molecular weight excluding hydrogens is 554 g/mol. The van der Waals surface area contributed by atoms with Gasteiger partial charge in [0.1, 0.15) is 17.2 Å². The van der Waals surface area contributed by atoms with E-state index < -0.39 is 5.60 Å². The Morgan fingerprint density at radius 1 is 0.886 bits per heavy atom. The predicted molar refractivity (Wildman–Crippen MR) is 173 cm³/mol. The van der Waals surface area contributed by atoms with Gasteiger partial charge >= 0.3 is 6.09 Å². The molecule has 1 N–H and O–H groups in total. The maximum Gasteiger partial charge on any atom is 0.410 e. The van der Waals surface area contributed by atoms with Gasteiger partial charge in [-0.05, 0) is 63.6 Å². The number of pyridine rings is 4. The lowest BCUT2D eigenvalue weighted by molar-refractivity contribution is 0.0240. The largest absolute Gasteiger partial charge is 0.444 e. The molecule has 10 nitrogen and oxygen atoms in total. The first-order chi connectivity index (χ1) is 21.1. The number of amides is 1. The van der Waals surface area contributed by atoms with Crippen LogP contribution in [0, 0.1) is 6.92 Å². The van der Waals surface area contributed by atoms with Crippen molar-refractivity contribution in [1.29, 1.82) is 0 Å². The van der Waals surface area contributed by atoms with E-state index in [-0.39, 0.29) is 11.5 Å². The summed E-state index contributed by atoms with van der Waals surface area (Å²) in [6.07, 6.45) is 6.70. The number of piperazine rings is 1. The van der Waals surface area contributed by atoms with Crippen molar-refractivity contribution < 1.29 is 9.53 Å². The van der Waals surface area contributed by atoms with Crippen molar-refractivity contribution in [2.45, 2.75) is 39.8 Å². The van der Waals surface area contributed by atoms with Crippen molar-refractivity contribution >= 4 is 39.3 Å². The lowest BCUT2D eigenvalue weighted by atomic mass is 10.1. The predicted octanol–water partition coefficient (Wildman–Crippen LogP) is 5.58. The minimum atomic E-state index is -0.517. The van der Waals surface area contributed by atoms with E-state index in [9.17, 15) is 9.59 Å². The van der Waals surface area contributed by atoms with Crippen molar-refractivity contribution in [2.24, 2.45) is 0 Å². The molecule has 0 radical (unpaired) electrons. The van der Waals surface area contributed by atoms with Crippen LogP contribution in [0.4, 0.5) is 16.4 Å². The third-order valence-corrected chi connectivity index (χ3v) is 7.66. The molecule has 0 bridgehead atoms. The summed E-state index contributed by atoms with van der Waals surface area (Å²) in [6, 6.07) is 15.3. The van der Waals surface area contributed by atoms with Gasteiger partial charge in [0.05, 0.1) is 17.9 Å². The Bertz CT molecular complexity index is 1900. The minimum Gasteiger partial charge on any atom is -0.444 e. The normalized spacial score (nSPS) is 13.7. The first kappa shape index (κ1) is 29.0. The van der Waals surface area contributed by atoms with Gasteiger partial charge in [0.15, 0.2) is 5.43 Å². The topological polar surface area (TPSA) is 113 Å². The van der Waals surface area contributed by atoms with Crippen LogP contribution in [-0.2, 0) is 11.3 Å². The summed E-state index contributed by atoms with van der Waals surface area (Å²) < 4.78 is 5.50. The highest BCUT2D eigenvalue weighted by atomic mass is 16.6. The molecule has 5 heterocycles. The maximum absolute atomic E-state index is 13.8. The van der Waals surface area contributed by atoms with Gasteiger partial charge in [0.25, 0.3) is 0 Å². The summed E-state index contributed by atoms with van der Waals surface area (Å²) in [7, 11) is 0. The molecule has 10 heteroatoms. The quantitative estimate of drug-likeness (QED) is 0.281. The molecule has 6 rings (SSSR count). The van der Waals surface area contributed by atoms with Gasteiger partial charge in [0, 0.05) is 78.1 Å². The van der Waals surface area contributed by atoms with Gasteiger partial charge in [-0.25, -0.2) is 14.8 Å². The highest BCUT2D eigenvalue weighted by molar-refractivity contribution is 5.94. The molecule has 0 spiro atoms. The van der Waals surface area contributed by atoms with Crippen LogP contribution < -0.4 is 15.6 Å². The van der Waals surface area contributed by atoms with Crippen LogP contribution in [-0.4, -0.2) is 62.7 Å². The summed E-state index contributed by atoms with van der Waals surface area (Å²) in [6.45, 7) is 10.6. The van der Waals surface area contributed by atoms with Crippen LogP contribution in [0.25, 0.3) is 32.8 Å². The fourth-order valence-corrected chi connectivity index (χ4v) is 5.22. The Labute approximate surface area is 255 Å². The van der Waals surface area contributed by atoms with Crippen LogP contribution in [0.2, 0.25) is 0 Å². The van der Waals surface area contributed by atoms with Gasteiger partial charge in [-0.2, -0.15) is 0 Å². The molecule has 1 amide bonds. The first-order valence-electron chi connectivity index (χ1n) is 14.7. The number of rotatable bonds is 5. The molecule has 1 aliphatic heterocycles. The molecule has 224 valence electrons. The van der Waals surface area contributed by atoms with E-state index in [4.69, 9.17) is 4.74 Å². The van der Waals surface area contributed by atoms with Crippen molar-refractivity contribution in [2.75, 3.05) is 36.4 Å². The smallest absolute Gasteiger partial charge is 0.410 e. The monoisotopic (exact) mass is 589 g/mol. The number of carbonyl (C=O) groups excluding carboxylic acids is 1. The van der Waals surface area contributed by atoms with Gasteiger partial charge in [-0.15, -0.1) is 0 Å². The molecule has 1 fully saturated rings. The van der Waals surface area contributed by atoms with E-state index >= 15 is 0 Å². The highest BCUT2D eigenvalue weighted by Crippen LogP contribution is 2.24. The van der Waals surface area contributed by atoms with Crippen molar-refractivity contribution in [3.05, 3.63) is 94.8 Å². The Kier molecular flexibility index (Phi) is 7.82. The lowest BCUT2D eigenvalue weighted by Crippen LogP contribution is -2.50. The van der Waals surface area contributed by atoms with Gasteiger partial charge in [0.2, 0.25) is 0 Å². The number of fused-ring (bicyclic) bond motifs is 2. The number of hydrogen-bond acceptors (Lipinski definition) is 9. The average Bonchev–Trinajstić information content (AvgIpc) is 3.16. The van der Waals surface area contributed by atoms with E-state index in [0.717, 1.165) is 33.4 Å². The van der Waals surface area contributed by atoms with E-state index in [2.05, 4.69) is 30.2 Å². The number of aromatic nitrogens is 4. The SMILES string of the molecule is Cc1cccnc1CNc1cc2c(=O)c3cc(-c4ccc(N5CCN(C(=O)OC(C)(C)C)CC5)nc4)ncc3ccc2cn1. The molecule has 0 unspecified atom stereocenters. The van der Waals surface area contributed by atoms with E-state index in [1.165, 1.54) is 0 Å². The van der Waals surface area contributed by atoms with E-state index in [1.807, 2.05) is 70.2 Å². The van der Waals surface area contributed by atoms with Crippen molar-refractivity contribution in [1.82, 2.24) is 24.8 Å². The van der Waals surface area contributed by atoms with Gasteiger partial charge in [-0.3, -0.25) is 14.8 Å². The third kappa shape index (κ3) is 6.29. The summed E-state index contributed by atoms with van der Waals surface area (Å²) in [4.78, 5) is 48.4. The number of nitrogens with one attached hydrogen (secondary N) is 1. The maximum atomic E-state index is 13.8. The van der Waals surface area contributed by atoms with Crippen molar-refractivity contribution in [3.63, 3.8) is 0 Å². The minimum absolute atomic E-state index is 0.0874. The van der Waals surface area contributed by atoms with Gasteiger partial charge in [-0.1, -0.05) is 18.2 Å². The summed E-state index contributed by atoms with van der Waals surface area (Å²) in [5, 5.41) is 5.96. The zero-order valence-corrected chi connectivity index (χ0v) is 25.4. The molecular formula is C34H35N7O3. The highest BCUT2D eigenvalue weighted by Gasteiger charge is 2.26. The van der Waals surface area contributed by atoms with Crippen LogP contribution in [0.1, 0.15) is 32.0 Å². The standard InChI is InChI=1S/C34H35N7O3/c1-22-6-5-11-35-29(22)21-38-30-17-27-24(19-37-30)8-7-23-18-36-28(16-26(23)32(27)42)25-9-10-31(39-20-25)40-12-14-41(15-13-40)33(43)44-34(2,3)4/h5-11,16-20H,12-15,21H2,1-4H3,(H,37,38). The number of ether oxygens (including phenoxy) is 1. The molecule has 0 saturated carbocycles. The number of aryl methyl sites for hydroxylation is 1. The first-order valence-corrected chi connectivity index (χ1v) is 14.7. The Morgan fingerprint density at radius 2 is 1.61 bits per heavy atom. The molecule has 1 saturated heterocycles. The second kappa shape index (κ2) is 11.9. The van der Waals surface area contributed by atoms with Crippen LogP contribution in [0.5, 0.6) is 0 Å². The fraction of sp³-hybridized carbons (Fsp3) is 0.294. The zero-order chi connectivity index (χ0) is 30.8. The summed E-state index contributed by atoms with van der Waals surface area (Å²) >= 11 is 0. The van der Waals surface area contributed by atoms with Crippen LogP contribution in [0.3, 0.4) is 0 Å². The molecule has 0 atom stereocenters. The number of hydrogen-bond donors (Lipinski definition) is 1. The van der Waals surface area contributed by atoms with E-state index in [0.29, 0.717) is 55.0 Å². The number of nitrogens with zero attached hydrogens (tertiary/aromatic N) is 6. The molecule has 44 heavy (non-hydrogen) atoms. The Balaban J connectivity index is 1.21. The zero-order valence-electron chi connectivity index (χ0n) is 25.4. The number of carbonyl (C=O) groups is 1. The third-order valence-electron chi connectivity index (χ3n) is 7.66. The second-order valence-corrected chi connectivity index (χ2v) is 12.0. The number of anilines is 2. The molecule has 1 aromatic carbocycles. The molecule has 5 aromatic rings. The summed E-state index contributed by atoms with van der Waals surface area (Å²) in [5.41, 5.74) is 2.89. The second-order valence-electron chi connectivity index (χ2n) is 12.0. The molecule has 4 aromatic heterocycles. The summed E-state index contributed by atoms with van der Waals surface area (Å²) in [5.74, 6) is 1.44. The fourth-order valence-electron chi connectivity index (χ4n) is 5.22. The molecule has 1 aliphatic rings. The van der Waals surface area contributed by atoms with Crippen LogP contribution >= 0.6 is 0 Å².